The Morgan fingerprint density at radius 3 is 2.75 bits per heavy atom. The van der Waals surface area contributed by atoms with Gasteiger partial charge in [-0.3, -0.25) is 11.3 Å². The number of halogens is 1. The summed E-state index contributed by atoms with van der Waals surface area (Å²) in [5.41, 5.74) is 4.31. The van der Waals surface area contributed by atoms with Crippen LogP contribution < -0.4 is 11.3 Å². The summed E-state index contributed by atoms with van der Waals surface area (Å²) < 4.78 is 15.2. The smallest absolute Gasteiger partial charge is 0.138 e. The van der Waals surface area contributed by atoms with Crippen LogP contribution in [0.25, 0.3) is 0 Å². The summed E-state index contributed by atoms with van der Waals surface area (Å²) in [4.78, 5) is 4.27. The van der Waals surface area contributed by atoms with Crippen molar-refractivity contribution in [2.24, 2.45) is 5.84 Å². The molecule has 0 aliphatic heterocycles. The van der Waals surface area contributed by atoms with Crippen LogP contribution in [0.2, 0.25) is 0 Å². The van der Waals surface area contributed by atoms with E-state index in [1.54, 1.807) is 25.4 Å². The Hall–Kier alpha value is -1.79. The lowest BCUT2D eigenvalue weighted by molar-refractivity contribution is 0.468. The number of nitrogens with zero attached hydrogens (tertiary/aromatic N) is 3. The van der Waals surface area contributed by atoms with Gasteiger partial charge in [-0.2, -0.15) is 5.10 Å². The van der Waals surface area contributed by atoms with Crippen molar-refractivity contribution in [1.29, 1.82) is 0 Å². The fourth-order valence-corrected chi connectivity index (χ4v) is 2.19. The Kier molecular flexibility index (Phi) is 4.46. The third-order valence-electron chi connectivity index (χ3n) is 3.31. The second-order valence-electron chi connectivity index (χ2n) is 5.15. The number of rotatable bonds is 5. The molecule has 1 heterocycles. The molecule has 2 aromatic rings. The average molecular weight is 277 g/mol. The maximum atomic E-state index is 13.3. The first-order valence-corrected chi connectivity index (χ1v) is 6.63. The molecule has 0 radical (unpaired) electrons. The van der Waals surface area contributed by atoms with Crippen LogP contribution in [0, 0.1) is 12.7 Å². The number of nitrogens with two attached hydrogens (primary N) is 1. The summed E-state index contributed by atoms with van der Waals surface area (Å²) in [5, 5.41) is 4.21. The van der Waals surface area contributed by atoms with Crippen molar-refractivity contribution >= 4 is 0 Å². The fourth-order valence-electron chi connectivity index (χ4n) is 2.19. The third kappa shape index (κ3) is 3.02. The molecule has 2 rings (SSSR count). The van der Waals surface area contributed by atoms with Crippen molar-refractivity contribution in [2.75, 3.05) is 0 Å². The largest absolute Gasteiger partial charge is 0.271 e. The molecule has 1 unspecified atom stereocenters. The highest BCUT2D eigenvalue weighted by atomic mass is 19.1. The third-order valence-corrected chi connectivity index (χ3v) is 3.31. The number of nitrogens with one attached hydrogen (secondary N) is 1. The highest BCUT2D eigenvalue weighted by Crippen LogP contribution is 2.20. The van der Waals surface area contributed by atoms with Crippen molar-refractivity contribution in [3.8, 4) is 0 Å². The molecule has 0 fully saturated rings. The molecule has 0 aliphatic carbocycles. The quantitative estimate of drug-likeness (QED) is 0.648. The first kappa shape index (κ1) is 14.6. The van der Waals surface area contributed by atoms with Gasteiger partial charge in [0.15, 0.2) is 0 Å². The molecule has 0 bridgehead atoms. The number of benzene rings is 1. The zero-order chi connectivity index (χ0) is 14.7. The van der Waals surface area contributed by atoms with Gasteiger partial charge < -0.3 is 0 Å². The highest BCUT2D eigenvalue weighted by Gasteiger charge is 2.16. The SMILES string of the molecule is Cc1cc(C(Cc2ncnn2C(C)C)NN)ccc1F. The van der Waals surface area contributed by atoms with Gasteiger partial charge in [0, 0.05) is 12.5 Å². The number of hydrogen-bond acceptors (Lipinski definition) is 4. The molecule has 1 atom stereocenters. The molecular formula is C14H20FN5. The van der Waals surface area contributed by atoms with Gasteiger partial charge in [-0.05, 0) is 38.0 Å². The van der Waals surface area contributed by atoms with Gasteiger partial charge in [-0.15, -0.1) is 0 Å². The number of aromatic nitrogens is 3. The van der Waals surface area contributed by atoms with Gasteiger partial charge in [-0.1, -0.05) is 12.1 Å². The Labute approximate surface area is 118 Å². The molecule has 20 heavy (non-hydrogen) atoms. The van der Waals surface area contributed by atoms with E-state index >= 15 is 0 Å². The van der Waals surface area contributed by atoms with E-state index in [0.29, 0.717) is 12.0 Å². The standard InChI is InChI=1S/C14H20FN5/c1-9(2)20-14(17-8-18-20)7-13(19-16)11-4-5-12(15)10(3)6-11/h4-6,8-9,13,19H,7,16H2,1-3H3. The molecule has 0 aliphatic rings. The number of hydrogen-bond donors (Lipinski definition) is 2. The Morgan fingerprint density at radius 1 is 1.40 bits per heavy atom. The van der Waals surface area contributed by atoms with Crippen LogP contribution in [-0.2, 0) is 6.42 Å². The van der Waals surface area contributed by atoms with E-state index in [1.165, 1.54) is 6.07 Å². The summed E-state index contributed by atoms with van der Waals surface area (Å²) in [6.45, 7) is 5.83. The molecule has 0 amide bonds. The van der Waals surface area contributed by atoms with E-state index in [2.05, 4.69) is 15.5 Å². The molecule has 6 heteroatoms. The molecule has 108 valence electrons. The topological polar surface area (TPSA) is 68.8 Å². The number of aryl methyl sites for hydroxylation is 1. The van der Waals surface area contributed by atoms with Crippen molar-refractivity contribution in [2.45, 2.75) is 39.3 Å². The van der Waals surface area contributed by atoms with Gasteiger partial charge in [0.25, 0.3) is 0 Å². The molecular weight excluding hydrogens is 257 g/mol. The van der Waals surface area contributed by atoms with Gasteiger partial charge in [-0.25, -0.2) is 14.1 Å². The predicted molar refractivity (Wildman–Crippen MR) is 75.3 cm³/mol. The molecule has 1 aromatic carbocycles. The van der Waals surface area contributed by atoms with E-state index in [4.69, 9.17) is 5.84 Å². The van der Waals surface area contributed by atoms with Crippen LogP contribution in [0.1, 0.15) is 42.9 Å². The normalized spacial score (nSPS) is 12.9. The van der Waals surface area contributed by atoms with Crippen LogP contribution in [-0.4, -0.2) is 14.8 Å². The maximum absolute atomic E-state index is 13.3. The second kappa shape index (κ2) is 6.11. The summed E-state index contributed by atoms with van der Waals surface area (Å²) in [6.07, 6.45) is 2.14. The molecule has 0 spiro atoms. The van der Waals surface area contributed by atoms with E-state index < -0.39 is 0 Å². The van der Waals surface area contributed by atoms with Crippen LogP contribution in [0.3, 0.4) is 0 Å². The first-order chi connectivity index (χ1) is 9.52. The van der Waals surface area contributed by atoms with Crippen molar-refractivity contribution < 1.29 is 4.39 Å². The molecule has 0 saturated carbocycles. The van der Waals surface area contributed by atoms with E-state index in [1.807, 2.05) is 18.5 Å². The molecule has 3 N–H and O–H groups in total. The highest BCUT2D eigenvalue weighted by molar-refractivity contribution is 5.27. The minimum absolute atomic E-state index is 0.129. The van der Waals surface area contributed by atoms with E-state index in [-0.39, 0.29) is 17.9 Å². The summed E-state index contributed by atoms with van der Waals surface area (Å²) in [7, 11) is 0. The zero-order valence-corrected chi connectivity index (χ0v) is 12.0. The summed E-state index contributed by atoms with van der Waals surface area (Å²) in [6, 6.07) is 5.11. The van der Waals surface area contributed by atoms with Crippen molar-refractivity contribution in [3.63, 3.8) is 0 Å². The average Bonchev–Trinajstić information content (AvgIpc) is 2.87. The van der Waals surface area contributed by atoms with Gasteiger partial charge >= 0.3 is 0 Å². The Morgan fingerprint density at radius 2 is 2.15 bits per heavy atom. The predicted octanol–water partition coefficient (Wildman–Crippen LogP) is 2.05. The van der Waals surface area contributed by atoms with Gasteiger partial charge in [0.05, 0.1) is 6.04 Å². The van der Waals surface area contributed by atoms with Gasteiger partial charge in [0.2, 0.25) is 0 Å². The van der Waals surface area contributed by atoms with Crippen molar-refractivity contribution in [1.82, 2.24) is 20.2 Å². The Balaban J connectivity index is 2.24. The number of hydrazine groups is 1. The second-order valence-corrected chi connectivity index (χ2v) is 5.15. The lowest BCUT2D eigenvalue weighted by Gasteiger charge is -2.18. The van der Waals surface area contributed by atoms with Crippen LogP contribution in [0.15, 0.2) is 24.5 Å². The minimum atomic E-state index is -0.213. The lowest BCUT2D eigenvalue weighted by atomic mass is 10.0. The maximum Gasteiger partial charge on any atom is 0.138 e. The molecule has 0 saturated heterocycles. The van der Waals surface area contributed by atoms with Crippen molar-refractivity contribution in [3.05, 3.63) is 47.3 Å². The summed E-state index contributed by atoms with van der Waals surface area (Å²) >= 11 is 0. The monoisotopic (exact) mass is 277 g/mol. The fraction of sp³-hybridized carbons (Fsp3) is 0.429. The first-order valence-electron chi connectivity index (χ1n) is 6.63. The van der Waals surface area contributed by atoms with E-state index in [0.717, 1.165) is 11.4 Å². The van der Waals surface area contributed by atoms with Crippen LogP contribution in [0.4, 0.5) is 4.39 Å². The van der Waals surface area contributed by atoms with Gasteiger partial charge in [0.1, 0.15) is 18.0 Å². The zero-order valence-electron chi connectivity index (χ0n) is 12.0. The molecule has 5 nitrogen and oxygen atoms in total. The van der Waals surface area contributed by atoms with Crippen LogP contribution >= 0.6 is 0 Å². The lowest BCUT2D eigenvalue weighted by Crippen LogP contribution is -2.30. The summed E-state index contributed by atoms with van der Waals surface area (Å²) in [5.74, 6) is 6.27. The van der Waals surface area contributed by atoms with E-state index in [9.17, 15) is 4.39 Å². The van der Waals surface area contributed by atoms with Crippen LogP contribution in [0.5, 0.6) is 0 Å². The Bertz CT molecular complexity index is 579. The minimum Gasteiger partial charge on any atom is -0.271 e. The molecule has 1 aromatic heterocycles.